The molecule has 1 N–H and O–H groups in total. The highest BCUT2D eigenvalue weighted by atomic mass is 16.4. The van der Waals surface area contributed by atoms with E-state index >= 15 is 0 Å². The summed E-state index contributed by atoms with van der Waals surface area (Å²) in [6, 6.07) is 0.719. The van der Waals surface area contributed by atoms with Crippen molar-refractivity contribution in [1.82, 2.24) is 4.90 Å². The summed E-state index contributed by atoms with van der Waals surface area (Å²) in [4.78, 5) is 13.0. The zero-order valence-corrected chi connectivity index (χ0v) is 10.6. The van der Waals surface area contributed by atoms with Crippen LogP contribution in [-0.4, -0.2) is 35.1 Å². The third kappa shape index (κ3) is 4.97. The standard InChI is InChI=1S/C13H25NO2/c1-11(2)10-14(9-5-8-13(15)16)12-6-3-4-7-12/h11-12H,3-10H2,1-2H3,(H,15,16). The van der Waals surface area contributed by atoms with Gasteiger partial charge in [0.15, 0.2) is 0 Å². The molecule has 0 radical (unpaired) electrons. The van der Waals surface area contributed by atoms with Crippen molar-refractivity contribution in [3.63, 3.8) is 0 Å². The van der Waals surface area contributed by atoms with Crippen LogP contribution in [0.25, 0.3) is 0 Å². The lowest BCUT2D eigenvalue weighted by molar-refractivity contribution is -0.137. The summed E-state index contributed by atoms with van der Waals surface area (Å²) in [5.74, 6) is 0.00125. The van der Waals surface area contributed by atoms with E-state index < -0.39 is 5.97 Å². The Labute approximate surface area is 98.8 Å². The van der Waals surface area contributed by atoms with E-state index in [1.807, 2.05) is 0 Å². The van der Waals surface area contributed by atoms with Gasteiger partial charge < -0.3 is 10.0 Å². The highest BCUT2D eigenvalue weighted by Crippen LogP contribution is 2.24. The summed E-state index contributed by atoms with van der Waals surface area (Å²) in [5, 5.41) is 8.66. The summed E-state index contributed by atoms with van der Waals surface area (Å²) in [5.41, 5.74) is 0. The molecule has 0 atom stereocenters. The predicted octanol–water partition coefficient (Wildman–Crippen LogP) is 2.75. The monoisotopic (exact) mass is 227 g/mol. The van der Waals surface area contributed by atoms with Crippen molar-refractivity contribution in [3.05, 3.63) is 0 Å². The SMILES string of the molecule is CC(C)CN(CCCC(=O)O)C1CCCC1. The number of nitrogens with zero attached hydrogens (tertiary/aromatic N) is 1. The number of hydrogen-bond donors (Lipinski definition) is 1. The summed E-state index contributed by atoms with van der Waals surface area (Å²) in [6.07, 6.45) is 6.40. The third-order valence-corrected chi connectivity index (χ3v) is 3.28. The van der Waals surface area contributed by atoms with Crippen molar-refractivity contribution < 1.29 is 9.90 Å². The second-order valence-electron chi connectivity index (χ2n) is 5.32. The Bertz CT molecular complexity index is 210. The Balaban J connectivity index is 2.33. The van der Waals surface area contributed by atoms with E-state index in [9.17, 15) is 4.79 Å². The molecule has 0 heterocycles. The molecular formula is C13H25NO2. The average molecular weight is 227 g/mol. The summed E-state index contributed by atoms with van der Waals surface area (Å²) >= 11 is 0. The Kier molecular flexibility index (Phi) is 5.81. The van der Waals surface area contributed by atoms with Gasteiger partial charge in [0.1, 0.15) is 0 Å². The van der Waals surface area contributed by atoms with E-state index in [1.54, 1.807) is 0 Å². The second kappa shape index (κ2) is 6.89. The summed E-state index contributed by atoms with van der Waals surface area (Å²) in [7, 11) is 0. The van der Waals surface area contributed by atoms with Gasteiger partial charge in [-0.3, -0.25) is 4.79 Å². The van der Waals surface area contributed by atoms with Gasteiger partial charge in [0.05, 0.1) is 0 Å². The number of carboxylic acids is 1. The Morgan fingerprint density at radius 1 is 1.38 bits per heavy atom. The molecule has 3 heteroatoms. The normalized spacial score (nSPS) is 17.5. The maximum absolute atomic E-state index is 10.5. The van der Waals surface area contributed by atoms with E-state index in [4.69, 9.17) is 5.11 Å². The van der Waals surface area contributed by atoms with Crippen LogP contribution in [0.2, 0.25) is 0 Å². The van der Waals surface area contributed by atoms with Crippen molar-refractivity contribution in [2.75, 3.05) is 13.1 Å². The Morgan fingerprint density at radius 2 is 2.00 bits per heavy atom. The van der Waals surface area contributed by atoms with Crippen molar-refractivity contribution in [2.45, 2.75) is 58.4 Å². The number of carbonyl (C=O) groups is 1. The van der Waals surface area contributed by atoms with Crippen LogP contribution in [0.15, 0.2) is 0 Å². The van der Waals surface area contributed by atoms with Crippen LogP contribution in [0.5, 0.6) is 0 Å². The summed E-state index contributed by atoms with van der Waals surface area (Å²) in [6.45, 7) is 6.54. The van der Waals surface area contributed by atoms with Gasteiger partial charge >= 0.3 is 5.97 Å². The van der Waals surface area contributed by atoms with Crippen molar-refractivity contribution in [1.29, 1.82) is 0 Å². The molecule has 0 aromatic rings. The molecule has 1 aliphatic rings. The minimum Gasteiger partial charge on any atom is -0.481 e. The van der Waals surface area contributed by atoms with Crippen LogP contribution in [0.4, 0.5) is 0 Å². The zero-order valence-electron chi connectivity index (χ0n) is 10.6. The number of aliphatic carboxylic acids is 1. The predicted molar refractivity (Wildman–Crippen MR) is 65.5 cm³/mol. The van der Waals surface area contributed by atoms with Crippen LogP contribution in [0.1, 0.15) is 52.4 Å². The van der Waals surface area contributed by atoms with Crippen molar-refractivity contribution in [3.8, 4) is 0 Å². The highest BCUT2D eigenvalue weighted by molar-refractivity contribution is 5.66. The first kappa shape index (κ1) is 13.5. The molecule has 0 saturated heterocycles. The first-order valence-corrected chi connectivity index (χ1v) is 6.55. The van der Waals surface area contributed by atoms with Gasteiger partial charge in [0.2, 0.25) is 0 Å². The third-order valence-electron chi connectivity index (χ3n) is 3.28. The van der Waals surface area contributed by atoms with Crippen LogP contribution in [-0.2, 0) is 4.79 Å². The molecule has 0 aromatic carbocycles. The van der Waals surface area contributed by atoms with Crippen LogP contribution in [0.3, 0.4) is 0 Å². The molecule has 0 aliphatic heterocycles. The first-order chi connectivity index (χ1) is 7.59. The molecule has 1 saturated carbocycles. The molecule has 0 bridgehead atoms. The Morgan fingerprint density at radius 3 is 2.50 bits per heavy atom. The van der Waals surface area contributed by atoms with E-state index in [0.717, 1.165) is 25.6 Å². The molecule has 1 rings (SSSR count). The summed E-state index contributed by atoms with van der Waals surface area (Å²) < 4.78 is 0. The first-order valence-electron chi connectivity index (χ1n) is 6.55. The molecule has 0 unspecified atom stereocenters. The van der Waals surface area contributed by atoms with Gasteiger partial charge in [0, 0.05) is 19.0 Å². The maximum atomic E-state index is 10.5. The largest absolute Gasteiger partial charge is 0.481 e. The van der Waals surface area contributed by atoms with Gasteiger partial charge in [-0.2, -0.15) is 0 Å². The lowest BCUT2D eigenvalue weighted by atomic mass is 10.1. The van der Waals surface area contributed by atoms with Crippen molar-refractivity contribution in [2.24, 2.45) is 5.92 Å². The zero-order chi connectivity index (χ0) is 12.0. The number of carboxylic acid groups (broad SMARTS) is 1. The van der Waals surface area contributed by atoms with Gasteiger partial charge in [-0.05, 0) is 31.7 Å². The minimum atomic E-state index is -0.670. The number of hydrogen-bond acceptors (Lipinski definition) is 2. The maximum Gasteiger partial charge on any atom is 0.303 e. The molecule has 0 spiro atoms. The van der Waals surface area contributed by atoms with Gasteiger partial charge in [-0.1, -0.05) is 26.7 Å². The van der Waals surface area contributed by atoms with E-state index in [0.29, 0.717) is 12.3 Å². The van der Waals surface area contributed by atoms with E-state index in [-0.39, 0.29) is 0 Å². The molecule has 0 amide bonds. The lowest BCUT2D eigenvalue weighted by Gasteiger charge is -2.30. The molecule has 3 nitrogen and oxygen atoms in total. The van der Waals surface area contributed by atoms with E-state index in [1.165, 1.54) is 25.7 Å². The molecule has 1 aliphatic carbocycles. The molecular weight excluding hydrogens is 202 g/mol. The molecule has 16 heavy (non-hydrogen) atoms. The van der Waals surface area contributed by atoms with Gasteiger partial charge in [-0.25, -0.2) is 0 Å². The van der Waals surface area contributed by atoms with Crippen molar-refractivity contribution >= 4 is 5.97 Å². The van der Waals surface area contributed by atoms with Gasteiger partial charge in [0.25, 0.3) is 0 Å². The van der Waals surface area contributed by atoms with E-state index in [2.05, 4.69) is 18.7 Å². The smallest absolute Gasteiger partial charge is 0.303 e. The molecule has 1 fully saturated rings. The number of rotatable bonds is 7. The molecule has 94 valence electrons. The second-order valence-corrected chi connectivity index (χ2v) is 5.32. The Hall–Kier alpha value is -0.570. The minimum absolute atomic E-state index is 0.307. The molecule has 0 aromatic heterocycles. The van der Waals surface area contributed by atoms with Gasteiger partial charge in [-0.15, -0.1) is 0 Å². The average Bonchev–Trinajstić information content (AvgIpc) is 2.67. The lowest BCUT2D eigenvalue weighted by Crippen LogP contribution is -2.37. The highest BCUT2D eigenvalue weighted by Gasteiger charge is 2.22. The van der Waals surface area contributed by atoms with Crippen LogP contribution in [0, 0.1) is 5.92 Å². The topological polar surface area (TPSA) is 40.5 Å². The fourth-order valence-corrected chi connectivity index (χ4v) is 2.59. The fourth-order valence-electron chi connectivity index (χ4n) is 2.59. The quantitative estimate of drug-likeness (QED) is 0.727. The van der Waals surface area contributed by atoms with Crippen LogP contribution >= 0.6 is 0 Å². The van der Waals surface area contributed by atoms with Crippen LogP contribution < -0.4 is 0 Å². The fraction of sp³-hybridized carbons (Fsp3) is 0.923.